The van der Waals surface area contributed by atoms with Gasteiger partial charge in [0, 0.05) is 22.8 Å². The summed E-state index contributed by atoms with van der Waals surface area (Å²) in [6.07, 6.45) is 9.04. The first-order valence-electron chi connectivity index (χ1n) is 9.63. The zero-order valence-corrected chi connectivity index (χ0v) is 16.2. The van der Waals surface area contributed by atoms with Gasteiger partial charge in [-0.25, -0.2) is 9.50 Å². The van der Waals surface area contributed by atoms with Crippen molar-refractivity contribution in [2.45, 2.75) is 51.2 Å². The van der Waals surface area contributed by atoms with Gasteiger partial charge in [0.2, 0.25) is 0 Å². The Balaban J connectivity index is 1.50. The molecule has 0 saturated heterocycles. The topological polar surface area (TPSA) is 62.5 Å². The molecule has 0 amide bonds. The van der Waals surface area contributed by atoms with Gasteiger partial charge in [-0.05, 0) is 68.7 Å². The third-order valence-corrected chi connectivity index (χ3v) is 5.61. The van der Waals surface area contributed by atoms with Crippen LogP contribution in [-0.4, -0.2) is 31.9 Å². The molecule has 1 unspecified atom stereocenters. The summed E-state index contributed by atoms with van der Waals surface area (Å²) in [7, 11) is 0. The molecule has 6 heteroatoms. The number of nitrogens with one attached hydrogen (secondary N) is 1. The third-order valence-electron chi connectivity index (χ3n) is 5.38. The molecule has 1 aromatic carbocycles. The van der Waals surface area contributed by atoms with E-state index >= 15 is 0 Å². The van der Waals surface area contributed by atoms with Crippen LogP contribution in [0.25, 0.3) is 16.8 Å². The number of nitrogens with zero attached hydrogens (tertiary/aromatic N) is 3. The van der Waals surface area contributed by atoms with Crippen molar-refractivity contribution >= 4 is 23.1 Å². The Kier molecular flexibility index (Phi) is 5.32. The number of hydrogen-bond donors (Lipinski definition) is 2. The molecule has 2 aromatic heterocycles. The van der Waals surface area contributed by atoms with Crippen LogP contribution < -0.4 is 5.32 Å². The molecule has 1 atom stereocenters. The summed E-state index contributed by atoms with van der Waals surface area (Å²) in [4.78, 5) is 4.81. The highest BCUT2D eigenvalue weighted by atomic mass is 35.5. The van der Waals surface area contributed by atoms with Gasteiger partial charge in [-0.15, -0.1) is 0 Å². The van der Waals surface area contributed by atoms with E-state index in [0.717, 1.165) is 54.7 Å². The highest BCUT2D eigenvalue weighted by Gasteiger charge is 2.22. The van der Waals surface area contributed by atoms with Crippen LogP contribution in [0.4, 0.5) is 5.82 Å². The summed E-state index contributed by atoms with van der Waals surface area (Å²) in [5, 5.41) is 18.3. The van der Waals surface area contributed by atoms with Gasteiger partial charge in [-0.1, -0.05) is 23.7 Å². The highest BCUT2D eigenvalue weighted by Crippen LogP contribution is 2.30. The lowest BCUT2D eigenvalue weighted by Gasteiger charge is -2.30. The molecule has 1 saturated carbocycles. The lowest BCUT2D eigenvalue weighted by atomic mass is 9.83. The molecule has 1 aliphatic rings. The number of hydrogen-bond acceptors (Lipinski definition) is 4. The fourth-order valence-corrected chi connectivity index (χ4v) is 4.23. The lowest BCUT2D eigenvalue weighted by Crippen LogP contribution is -2.27. The predicted molar refractivity (Wildman–Crippen MR) is 109 cm³/mol. The Morgan fingerprint density at radius 3 is 2.81 bits per heavy atom. The van der Waals surface area contributed by atoms with Gasteiger partial charge >= 0.3 is 0 Å². The molecule has 4 rings (SSSR count). The van der Waals surface area contributed by atoms with Crippen LogP contribution in [0.1, 0.15) is 39.0 Å². The molecule has 142 valence electrons. The predicted octanol–water partition coefficient (Wildman–Crippen LogP) is 4.79. The Morgan fingerprint density at radius 2 is 2.07 bits per heavy atom. The minimum absolute atomic E-state index is 0.199. The smallest absolute Gasteiger partial charge is 0.165 e. The third kappa shape index (κ3) is 4.25. The summed E-state index contributed by atoms with van der Waals surface area (Å²) < 4.78 is 1.79. The average molecular weight is 385 g/mol. The van der Waals surface area contributed by atoms with Crippen molar-refractivity contribution in [2.24, 2.45) is 5.92 Å². The molecule has 1 aliphatic carbocycles. The fourth-order valence-electron chi connectivity index (χ4n) is 4.04. The quantitative estimate of drug-likeness (QED) is 0.663. The average Bonchev–Trinajstić information content (AvgIpc) is 3.06. The van der Waals surface area contributed by atoms with Crippen LogP contribution in [0.15, 0.2) is 42.7 Å². The van der Waals surface area contributed by atoms with Crippen molar-refractivity contribution in [3.8, 4) is 11.1 Å². The maximum atomic E-state index is 9.58. The number of aliphatic hydroxyl groups excluding tert-OH is 1. The van der Waals surface area contributed by atoms with Gasteiger partial charge in [-0.2, -0.15) is 5.10 Å². The molecule has 27 heavy (non-hydrogen) atoms. The van der Waals surface area contributed by atoms with Gasteiger partial charge in [0.15, 0.2) is 5.65 Å². The second-order valence-corrected chi connectivity index (χ2v) is 8.03. The first kappa shape index (κ1) is 18.3. The number of halogens is 1. The van der Waals surface area contributed by atoms with Crippen LogP contribution >= 0.6 is 11.6 Å². The zero-order chi connectivity index (χ0) is 18.8. The summed E-state index contributed by atoms with van der Waals surface area (Å²) in [5.41, 5.74) is 2.81. The summed E-state index contributed by atoms with van der Waals surface area (Å²) in [6.45, 7) is 1.88. The molecular formula is C21H25ClN4O. The molecule has 0 aliphatic heterocycles. The second-order valence-electron chi connectivity index (χ2n) is 7.60. The number of aliphatic hydroxyl groups is 1. The van der Waals surface area contributed by atoms with E-state index in [1.54, 1.807) is 4.52 Å². The second kappa shape index (κ2) is 7.87. The summed E-state index contributed by atoms with van der Waals surface area (Å²) >= 11 is 6.14. The molecule has 0 spiro atoms. The van der Waals surface area contributed by atoms with E-state index in [-0.39, 0.29) is 6.10 Å². The van der Waals surface area contributed by atoms with Crippen LogP contribution in [0.3, 0.4) is 0 Å². The Labute approximate surface area is 164 Å². The minimum Gasteiger partial charge on any atom is -0.393 e. The molecule has 0 bridgehead atoms. The number of aromatic nitrogens is 3. The van der Waals surface area contributed by atoms with Crippen molar-refractivity contribution in [3.05, 3.63) is 47.7 Å². The van der Waals surface area contributed by atoms with E-state index in [1.165, 1.54) is 0 Å². The van der Waals surface area contributed by atoms with E-state index in [1.807, 2.05) is 49.6 Å². The molecule has 1 fully saturated rings. The first-order valence-corrected chi connectivity index (χ1v) is 10.0. The van der Waals surface area contributed by atoms with E-state index in [4.69, 9.17) is 16.6 Å². The standard InChI is InChI=1S/C21H25ClN4O/c1-14(27)11-15-5-7-18(8-6-15)24-20-9-10-26-21(25-20)19(13-23-26)16-3-2-4-17(22)12-16/h2-4,9-10,12-15,18,27H,5-8,11H2,1H3,(H,24,25). The van der Waals surface area contributed by atoms with Gasteiger partial charge in [0.25, 0.3) is 0 Å². The molecule has 3 aromatic rings. The Bertz CT molecular complexity index is 915. The summed E-state index contributed by atoms with van der Waals surface area (Å²) in [6, 6.07) is 10.2. The van der Waals surface area contributed by atoms with E-state index in [9.17, 15) is 5.11 Å². The van der Waals surface area contributed by atoms with Gasteiger partial charge in [0.05, 0.1) is 12.3 Å². The Hall–Kier alpha value is -2.11. The number of benzene rings is 1. The van der Waals surface area contributed by atoms with E-state index < -0.39 is 0 Å². The van der Waals surface area contributed by atoms with Crippen molar-refractivity contribution in [2.75, 3.05) is 5.32 Å². The zero-order valence-electron chi connectivity index (χ0n) is 15.5. The molecule has 2 N–H and O–H groups in total. The molecular weight excluding hydrogens is 360 g/mol. The van der Waals surface area contributed by atoms with Crippen LogP contribution in [0.2, 0.25) is 5.02 Å². The molecule has 5 nitrogen and oxygen atoms in total. The lowest BCUT2D eigenvalue weighted by molar-refractivity contribution is 0.145. The minimum atomic E-state index is -0.199. The normalized spacial score (nSPS) is 21.3. The number of rotatable bonds is 5. The number of fused-ring (bicyclic) bond motifs is 1. The van der Waals surface area contributed by atoms with Gasteiger partial charge in [-0.3, -0.25) is 0 Å². The SMILES string of the molecule is CC(O)CC1CCC(Nc2ccn3ncc(-c4cccc(Cl)c4)c3n2)CC1. The van der Waals surface area contributed by atoms with Gasteiger partial charge in [0.1, 0.15) is 5.82 Å². The van der Waals surface area contributed by atoms with Crippen molar-refractivity contribution in [1.29, 1.82) is 0 Å². The fraction of sp³-hybridized carbons (Fsp3) is 0.429. The monoisotopic (exact) mass is 384 g/mol. The van der Waals surface area contributed by atoms with E-state index in [2.05, 4.69) is 10.4 Å². The summed E-state index contributed by atoms with van der Waals surface area (Å²) in [5.74, 6) is 1.52. The molecule has 0 radical (unpaired) electrons. The number of anilines is 1. The first-order chi connectivity index (χ1) is 13.1. The highest BCUT2D eigenvalue weighted by molar-refractivity contribution is 6.30. The molecule has 2 heterocycles. The van der Waals surface area contributed by atoms with E-state index in [0.29, 0.717) is 17.0 Å². The largest absolute Gasteiger partial charge is 0.393 e. The maximum absolute atomic E-state index is 9.58. The van der Waals surface area contributed by atoms with Crippen LogP contribution in [0.5, 0.6) is 0 Å². The van der Waals surface area contributed by atoms with Crippen molar-refractivity contribution in [1.82, 2.24) is 14.6 Å². The maximum Gasteiger partial charge on any atom is 0.165 e. The van der Waals surface area contributed by atoms with Gasteiger partial charge < -0.3 is 10.4 Å². The Morgan fingerprint density at radius 1 is 1.26 bits per heavy atom. The van der Waals surface area contributed by atoms with Crippen molar-refractivity contribution in [3.63, 3.8) is 0 Å². The van der Waals surface area contributed by atoms with Crippen molar-refractivity contribution < 1.29 is 5.11 Å². The van der Waals surface area contributed by atoms with Crippen LogP contribution in [-0.2, 0) is 0 Å². The van der Waals surface area contributed by atoms with Crippen LogP contribution in [0, 0.1) is 5.92 Å².